The predicted molar refractivity (Wildman–Crippen MR) is 103 cm³/mol. The van der Waals surface area contributed by atoms with Crippen LogP contribution in [0.25, 0.3) is 0 Å². The molecule has 2 rings (SSSR count). The van der Waals surface area contributed by atoms with E-state index in [9.17, 15) is 18.8 Å². The molecular weight excluding hydrogens is 363 g/mol. The molecule has 7 heteroatoms. The Bertz CT molecular complexity index is 821. The smallest absolute Gasteiger partial charge is 0.325 e. The van der Waals surface area contributed by atoms with E-state index in [0.717, 1.165) is 25.3 Å². The van der Waals surface area contributed by atoms with Crippen molar-refractivity contribution in [2.24, 2.45) is 0 Å². The first kappa shape index (κ1) is 21.1. The van der Waals surface area contributed by atoms with Gasteiger partial charge < -0.3 is 15.4 Å². The van der Waals surface area contributed by atoms with Crippen LogP contribution in [0.2, 0.25) is 0 Å². The molecule has 0 unspecified atom stereocenters. The number of ether oxygens (including phenoxy) is 1. The summed E-state index contributed by atoms with van der Waals surface area (Å²) < 4.78 is 18.3. The number of aryl methyl sites for hydroxylation is 1. The van der Waals surface area contributed by atoms with Crippen molar-refractivity contribution < 1.29 is 23.5 Å². The SMILES string of the molecule is CCCCc1ccc(NC(=O)COC(=O)CNC(=O)c2ccccc2F)cc1. The topological polar surface area (TPSA) is 84.5 Å². The normalized spacial score (nSPS) is 10.2. The van der Waals surface area contributed by atoms with Crippen molar-refractivity contribution in [2.75, 3.05) is 18.5 Å². The van der Waals surface area contributed by atoms with Crippen molar-refractivity contribution in [3.8, 4) is 0 Å². The summed E-state index contributed by atoms with van der Waals surface area (Å²) in [5.41, 5.74) is 1.63. The maximum absolute atomic E-state index is 13.5. The second-order valence-corrected chi connectivity index (χ2v) is 6.17. The van der Waals surface area contributed by atoms with Crippen LogP contribution in [-0.4, -0.2) is 30.9 Å². The van der Waals surface area contributed by atoms with E-state index in [1.54, 1.807) is 12.1 Å². The van der Waals surface area contributed by atoms with Crippen molar-refractivity contribution in [3.05, 3.63) is 65.5 Å². The number of benzene rings is 2. The fraction of sp³-hybridized carbons (Fsp3) is 0.286. The van der Waals surface area contributed by atoms with Crippen LogP contribution in [0.3, 0.4) is 0 Å². The highest BCUT2D eigenvalue weighted by Crippen LogP contribution is 2.11. The second-order valence-electron chi connectivity index (χ2n) is 6.17. The summed E-state index contributed by atoms with van der Waals surface area (Å²) in [4.78, 5) is 35.3. The van der Waals surface area contributed by atoms with Gasteiger partial charge in [0.15, 0.2) is 6.61 Å². The molecule has 0 spiro atoms. The molecule has 0 saturated carbocycles. The molecule has 28 heavy (non-hydrogen) atoms. The number of carbonyl (C=O) groups is 3. The lowest BCUT2D eigenvalue weighted by molar-refractivity contribution is -0.146. The van der Waals surface area contributed by atoms with Gasteiger partial charge in [-0.2, -0.15) is 0 Å². The number of amides is 2. The molecule has 2 aromatic rings. The average Bonchev–Trinajstić information content (AvgIpc) is 2.70. The number of unbranched alkanes of at least 4 members (excludes halogenated alkanes) is 1. The van der Waals surface area contributed by atoms with Gasteiger partial charge in [0, 0.05) is 5.69 Å². The molecule has 6 nitrogen and oxygen atoms in total. The molecular formula is C21H23FN2O4. The molecule has 0 heterocycles. The summed E-state index contributed by atoms with van der Waals surface area (Å²) in [6.45, 7) is 1.18. The van der Waals surface area contributed by atoms with Crippen LogP contribution in [0.4, 0.5) is 10.1 Å². The quantitative estimate of drug-likeness (QED) is 0.649. The number of nitrogens with one attached hydrogen (secondary N) is 2. The van der Waals surface area contributed by atoms with Gasteiger partial charge in [0.05, 0.1) is 5.56 Å². The van der Waals surface area contributed by atoms with Crippen molar-refractivity contribution >= 4 is 23.5 Å². The first-order valence-electron chi connectivity index (χ1n) is 9.06. The first-order chi connectivity index (χ1) is 13.5. The monoisotopic (exact) mass is 386 g/mol. The molecule has 0 aliphatic rings. The Hall–Kier alpha value is -3.22. The molecule has 0 saturated heterocycles. The van der Waals surface area contributed by atoms with E-state index < -0.39 is 36.8 Å². The van der Waals surface area contributed by atoms with Gasteiger partial charge in [-0.15, -0.1) is 0 Å². The molecule has 2 N–H and O–H groups in total. The van der Waals surface area contributed by atoms with Crippen LogP contribution in [0.1, 0.15) is 35.7 Å². The maximum Gasteiger partial charge on any atom is 0.325 e. The third kappa shape index (κ3) is 6.83. The fourth-order valence-electron chi connectivity index (χ4n) is 2.42. The second kappa shape index (κ2) is 10.8. The van der Waals surface area contributed by atoms with Gasteiger partial charge in [0.25, 0.3) is 11.8 Å². The molecule has 0 aromatic heterocycles. The summed E-state index contributed by atoms with van der Waals surface area (Å²) in [6.07, 6.45) is 3.21. The summed E-state index contributed by atoms with van der Waals surface area (Å²) in [5, 5.41) is 4.88. The van der Waals surface area contributed by atoms with Crippen molar-refractivity contribution in [1.82, 2.24) is 5.32 Å². The third-order valence-electron chi connectivity index (χ3n) is 3.93. The van der Waals surface area contributed by atoms with Gasteiger partial charge in [-0.1, -0.05) is 37.6 Å². The summed E-state index contributed by atoms with van der Waals surface area (Å²) in [6, 6.07) is 12.9. The molecule has 2 amide bonds. The minimum atomic E-state index is -0.797. The van der Waals surface area contributed by atoms with Gasteiger partial charge in [-0.25, -0.2) is 4.39 Å². The molecule has 0 aliphatic heterocycles. The zero-order valence-electron chi connectivity index (χ0n) is 15.7. The number of rotatable bonds is 9. The van der Waals surface area contributed by atoms with Gasteiger partial charge in [0.2, 0.25) is 0 Å². The highest BCUT2D eigenvalue weighted by atomic mass is 19.1. The lowest BCUT2D eigenvalue weighted by Gasteiger charge is -2.08. The van der Waals surface area contributed by atoms with Crippen molar-refractivity contribution in [2.45, 2.75) is 26.2 Å². The van der Waals surface area contributed by atoms with Gasteiger partial charge in [-0.05, 0) is 42.7 Å². The Balaban J connectivity index is 1.71. The van der Waals surface area contributed by atoms with Crippen LogP contribution >= 0.6 is 0 Å². The van der Waals surface area contributed by atoms with Crippen LogP contribution < -0.4 is 10.6 Å². The molecule has 0 aliphatic carbocycles. The van der Waals surface area contributed by atoms with Gasteiger partial charge in [0.1, 0.15) is 12.4 Å². The lowest BCUT2D eigenvalue weighted by Crippen LogP contribution is -2.32. The molecule has 0 atom stereocenters. The summed E-state index contributed by atoms with van der Waals surface area (Å²) in [5.74, 6) is -2.71. The lowest BCUT2D eigenvalue weighted by atomic mass is 10.1. The summed E-state index contributed by atoms with van der Waals surface area (Å²) >= 11 is 0. The van der Waals surface area contributed by atoms with Crippen molar-refractivity contribution in [1.29, 1.82) is 0 Å². The summed E-state index contributed by atoms with van der Waals surface area (Å²) in [7, 11) is 0. The molecule has 0 fully saturated rings. The van der Waals surface area contributed by atoms with Gasteiger partial charge >= 0.3 is 5.97 Å². The van der Waals surface area contributed by atoms with E-state index in [1.165, 1.54) is 23.8 Å². The van der Waals surface area contributed by atoms with E-state index >= 15 is 0 Å². The molecule has 2 aromatic carbocycles. The number of hydrogen-bond donors (Lipinski definition) is 2. The number of hydrogen-bond acceptors (Lipinski definition) is 4. The highest BCUT2D eigenvalue weighted by Gasteiger charge is 2.13. The van der Waals surface area contributed by atoms with Crippen LogP contribution in [0.5, 0.6) is 0 Å². The minimum absolute atomic E-state index is 0.171. The fourth-order valence-corrected chi connectivity index (χ4v) is 2.42. The molecule has 0 bridgehead atoms. The zero-order valence-corrected chi connectivity index (χ0v) is 15.7. The number of esters is 1. The third-order valence-corrected chi connectivity index (χ3v) is 3.93. The largest absolute Gasteiger partial charge is 0.454 e. The Labute approximate surface area is 163 Å². The van der Waals surface area contributed by atoms with Crippen LogP contribution in [0, 0.1) is 5.82 Å². The molecule has 148 valence electrons. The first-order valence-corrected chi connectivity index (χ1v) is 9.06. The number of halogens is 1. The standard InChI is InChI=1S/C21H23FN2O4/c1-2-3-6-15-9-11-16(12-10-15)24-19(25)14-28-20(26)13-23-21(27)17-7-4-5-8-18(17)22/h4-5,7-12H,2-3,6,13-14H2,1H3,(H,23,27)(H,24,25). The van der Waals surface area contributed by atoms with E-state index in [-0.39, 0.29) is 5.56 Å². The van der Waals surface area contributed by atoms with Crippen molar-refractivity contribution in [3.63, 3.8) is 0 Å². The van der Waals surface area contributed by atoms with E-state index in [2.05, 4.69) is 17.6 Å². The highest BCUT2D eigenvalue weighted by molar-refractivity contribution is 5.96. The zero-order chi connectivity index (χ0) is 20.4. The predicted octanol–water partition coefficient (Wildman–Crippen LogP) is 3.08. The van der Waals surface area contributed by atoms with Crippen LogP contribution in [0.15, 0.2) is 48.5 Å². The van der Waals surface area contributed by atoms with Crippen LogP contribution in [-0.2, 0) is 20.7 Å². The Morgan fingerprint density at radius 2 is 1.75 bits per heavy atom. The Kier molecular flexibility index (Phi) is 8.14. The number of anilines is 1. The Morgan fingerprint density at radius 3 is 2.43 bits per heavy atom. The maximum atomic E-state index is 13.5. The Morgan fingerprint density at radius 1 is 1.04 bits per heavy atom. The average molecular weight is 386 g/mol. The molecule has 0 radical (unpaired) electrons. The van der Waals surface area contributed by atoms with Gasteiger partial charge in [-0.3, -0.25) is 14.4 Å². The van der Waals surface area contributed by atoms with E-state index in [4.69, 9.17) is 4.74 Å². The van der Waals surface area contributed by atoms with E-state index in [1.807, 2.05) is 12.1 Å². The minimum Gasteiger partial charge on any atom is -0.454 e. The van der Waals surface area contributed by atoms with E-state index in [0.29, 0.717) is 5.69 Å². The number of carbonyl (C=O) groups excluding carboxylic acids is 3.